The topological polar surface area (TPSA) is 0 Å². The van der Waals surface area contributed by atoms with E-state index in [1.54, 1.807) is 0 Å². The van der Waals surface area contributed by atoms with Crippen LogP contribution in [0.15, 0.2) is 121 Å². The van der Waals surface area contributed by atoms with E-state index >= 15 is 0 Å². The minimum absolute atomic E-state index is 0.511. The molecular weight excluding hydrogens is 438 g/mol. The van der Waals surface area contributed by atoms with Crippen molar-refractivity contribution in [1.29, 1.82) is 0 Å². The molecular formula is C33H42BP. The van der Waals surface area contributed by atoms with Gasteiger partial charge in [0.1, 0.15) is 6.15 Å². The molecule has 182 valence electrons. The molecule has 4 rings (SSSR count). The van der Waals surface area contributed by atoms with Crippen LogP contribution >= 0.6 is 7.26 Å². The Kier molecular flexibility index (Phi) is 9.94. The van der Waals surface area contributed by atoms with Crippen LogP contribution in [0.25, 0.3) is 0 Å². The highest BCUT2D eigenvalue weighted by molar-refractivity contribution is 7.76. The molecule has 2 heteroatoms. The minimum atomic E-state index is -1.22. The van der Waals surface area contributed by atoms with E-state index in [0.717, 1.165) is 5.66 Å². The summed E-state index contributed by atoms with van der Waals surface area (Å²) in [6.45, 7) is 11.9. The van der Waals surface area contributed by atoms with Crippen LogP contribution in [-0.2, 0) is 0 Å². The molecule has 0 atom stereocenters. The van der Waals surface area contributed by atoms with Gasteiger partial charge in [0.2, 0.25) is 0 Å². The number of hydrogen-bond acceptors (Lipinski definition) is 0. The van der Waals surface area contributed by atoms with E-state index in [-0.39, 0.29) is 0 Å². The highest BCUT2D eigenvalue weighted by Crippen LogP contribution is 2.61. The fourth-order valence-electron chi connectivity index (χ4n) is 5.89. The molecule has 0 spiro atoms. The van der Waals surface area contributed by atoms with E-state index < -0.39 is 13.4 Å². The SMILES string of the molecule is CC[P+](CC)(CC)C(C)C.c1ccc([B-](c2ccccc2)(c2ccccc2)c2ccccc2)cc1. The van der Waals surface area contributed by atoms with E-state index in [2.05, 4.69) is 156 Å². The second-order valence-electron chi connectivity index (χ2n) is 9.77. The Hall–Kier alpha value is -2.63. The molecule has 0 aliphatic rings. The third-order valence-corrected chi connectivity index (χ3v) is 14.2. The summed E-state index contributed by atoms with van der Waals surface area (Å²) in [6.07, 6.45) is 3.11. The monoisotopic (exact) mass is 480 g/mol. The highest BCUT2D eigenvalue weighted by atomic mass is 31.2. The summed E-state index contributed by atoms with van der Waals surface area (Å²) in [4.78, 5) is 0. The van der Waals surface area contributed by atoms with Gasteiger partial charge in [0.15, 0.2) is 0 Å². The maximum Gasteiger partial charge on any atom is 0.108 e. The van der Waals surface area contributed by atoms with Crippen LogP contribution in [0.4, 0.5) is 0 Å². The molecule has 35 heavy (non-hydrogen) atoms. The van der Waals surface area contributed by atoms with Crippen LogP contribution in [0.5, 0.6) is 0 Å². The van der Waals surface area contributed by atoms with Crippen molar-refractivity contribution in [2.75, 3.05) is 18.5 Å². The van der Waals surface area contributed by atoms with Crippen molar-refractivity contribution in [2.45, 2.75) is 40.3 Å². The lowest BCUT2D eigenvalue weighted by Crippen LogP contribution is -2.74. The third kappa shape index (κ3) is 5.79. The van der Waals surface area contributed by atoms with Crippen molar-refractivity contribution >= 4 is 35.3 Å². The maximum absolute atomic E-state index is 2.39. The molecule has 0 aliphatic heterocycles. The Labute approximate surface area is 215 Å². The second-order valence-corrected chi connectivity index (χ2v) is 15.1. The molecule has 0 bridgehead atoms. The Balaban J connectivity index is 0.000000292. The smallest absolute Gasteiger partial charge is 0.108 e. The molecule has 0 amide bonds. The van der Waals surface area contributed by atoms with E-state index in [1.165, 1.54) is 40.3 Å². The number of benzene rings is 4. The number of hydrogen-bond donors (Lipinski definition) is 0. The average Bonchev–Trinajstić information content (AvgIpc) is 2.93. The van der Waals surface area contributed by atoms with Crippen LogP contribution in [0.2, 0.25) is 0 Å². The molecule has 4 aromatic carbocycles. The summed E-state index contributed by atoms with van der Waals surface area (Å²) in [5.74, 6) is 0. The molecule has 4 aromatic rings. The van der Waals surface area contributed by atoms with Crippen LogP contribution in [0.1, 0.15) is 34.6 Å². The Morgan fingerprint density at radius 2 is 0.686 bits per heavy atom. The predicted molar refractivity (Wildman–Crippen MR) is 164 cm³/mol. The Bertz CT molecular complexity index is 933. The van der Waals surface area contributed by atoms with Crippen molar-refractivity contribution in [1.82, 2.24) is 0 Å². The van der Waals surface area contributed by atoms with Gasteiger partial charge in [-0.25, -0.2) is 0 Å². The molecule has 0 saturated heterocycles. The predicted octanol–water partition coefficient (Wildman–Crippen LogP) is 6.54. The lowest BCUT2D eigenvalue weighted by molar-refractivity contribution is 1.04. The molecule has 0 aliphatic carbocycles. The quantitative estimate of drug-likeness (QED) is 0.199. The molecule has 0 heterocycles. The Morgan fingerprint density at radius 1 is 0.457 bits per heavy atom. The van der Waals surface area contributed by atoms with E-state index in [1.807, 2.05) is 0 Å². The van der Waals surface area contributed by atoms with Gasteiger partial charge in [0, 0.05) is 7.26 Å². The van der Waals surface area contributed by atoms with Crippen LogP contribution in [0.3, 0.4) is 0 Å². The zero-order chi connectivity index (χ0) is 25.2. The molecule has 0 radical (unpaired) electrons. The van der Waals surface area contributed by atoms with Gasteiger partial charge in [-0.15, -0.1) is 0 Å². The molecule has 0 fully saturated rings. The normalized spacial score (nSPS) is 11.6. The average molecular weight is 480 g/mol. The van der Waals surface area contributed by atoms with Gasteiger partial charge in [0.05, 0.1) is 24.1 Å². The first kappa shape index (κ1) is 27.0. The van der Waals surface area contributed by atoms with Crippen molar-refractivity contribution < 1.29 is 0 Å². The molecule has 0 aromatic heterocycles. The van der Waals surface area contributed by atoms with Gasteiger partial charge in [-0.05, 0) is 34.6 Å². The fourth-order valence-corrected chi connectivity index (χ4v) is 9.42. The van der Waals surface area contributed by atoms with Crippen LogP contribution in [0, 0.1) is 0 Å². The summed E-state index contributed by atoms with van der Waals surface area (Å²) in [7, 11) is -0.511. The van der Waals surface area contributed by atoms with Crippen molar-refractivity contribution in [3.8, 4) is 0 Å². The zero-order valence-electron chi connectivity index (χ0n) is 22.3. The van der Waals surface area contributed by atoms with E-state index in [4.69, 9.17) is 0 Å². The second kappa shape index (κ2) is 12.9. The zero-order valence-corrected chi connectivity index (χ0v) is 23.2. The summed E-state index contributed by atoms with van der Waals surface area (Å²) in [5.41, 5.74) is 6.31. The lowest BCUT2D eigenvalue weighted by Gasteiger charge is -2.44. The Morgan fingerprint density at radius 3 is 0.829 bits per heavy atom. The standard InChI is InChI=1S/C24H20B.C9H22P/c1-5-13-21(14-6-1)25(22-15-7-2-8-16-22,23-17-9-3-10-18-23)24-19-11-4-12-20-24;1-6-10(7-2,8-3)9(4)5/h1-20H;9H,6-8H2,1-5H3/q-1;+1. The van der Waals surface area contributed by atoms with Gasteiger partial charge in [-0.1, -0.05) is 121 Å². The van der Waals surface area contributed by atoms with Gasteiger partial charge >= 0.3 is 0 Å². The fraction of sp³-hybridized carbons (Fsp3) is 0.273. The minimum Gasteiger partial charge on any atom is -0.195 e. The molecule has 0 N–H and O–H groups in total. The third-order valence-electron chi connectivity index (χ3n) is 8.18. The molecule has 0 unspecified atom stereocenters. The first-order chi connectivity index (χ1) is 17.0. The van der Waals surface area contributed by atoms with Gasteiger partial charge < -0.3 is 0 Å². The van der Waals surface area contributed by atoms with Crippen LogP contribution in [-0.4, -0.2) is 30.3 Å². The van der Waals surface area contributed by atoms with Gasteiger partial charge in [-0.2, -0.15) is 21.9 Å². The maximum atomic E-state index is 2.39. The van der Waals surface area contributed by atoms with E-state index in [9.17, 15) is 0 Å². The first-order valence-electron chi connectivity index (χ1n) is 13.3. The van der Waals surface area contributed by atoms with Crippen molar-refractivity contribution in [2.24, 2.45) is 0 Å². The van der Waals surface area contributed by atoms with Crippen LogP contribution < -0.4 is 21.9 Å². The molecule has 0 nitrogen and oxygen atoms in total. The summed E-state index contributed by atoms with van der Waals surface area (Å²) in [6, 6.07) is 43.5. The summed E-state index contributed by atoms with van der Waals surface area (Å²) >= 11 is 0. The number of rotatable bonds is 8. The first-order valence-corrected chi connectivity index (χ1v) is 15.7. The summed E-state index contributed by atoms with van der Waals surface area (Å²) in [5, 5.41) is 0. The van der Waals surface area contributed by atoms with E-state index in [0.29, 0.717) is 0 Å². The summed E-state index contributed by atoms with van der Waals surface area (Å²) < 4.78 is 0. The van der Waals surface area contributed by atoms with Gasteiger partial charge in [-0.3, -0.25) is 0 Å². The highest BCUT2D eigenvalue weighted by Gasteiger charge is 2.34. The van der Waals surface area contributed by atoms with Crippen molar-refractivity contribution in [3.63, 3.8) is 0 Å². The lowest BCUT2D eigenvalue weighted by atomic mass is 9.13. The largest absolute Gasteiger partial charge is 0.195 e. The van der Waals surface area contributed by atoms with Gasteiger partial charge in [0.25, 0.3) is 0 Å². The van der Waals surface area contributed by atoms with Crippen molar-refractivity contribution in [3.05, 3.63) is 121 Å². The molecule has 0 saturated carbocycles.